The van der Waals surface area contributed by atoms with Crippen molar-refractivity contribution in [2.75, 3.05) is 0 Å². The van der Waals surface area contributed by atoms with Crippen molar-refractivity contribution in [3.8, 4) is 6.07 Å². The summed E-state index contributed by atoms with van der Waals surface area (Å²) in [5, 5.41) is 13.0. The normalized spacial score (nSPS) is 11.3. The molecule has 1 heterocycles. The molecular weight excluding hydrogens is 277 g/mol. The van der Waals surface area contributed by atoms with Crippen molar-refractivity contribution in [1.82, 2.24) is 14.8 Å². The molecule has 0 fully saturated rings. The van der Waals surface area contributed by atoms with Gasteiger partial charge in [0.05, 0.1) is 17.2 Å². The summed E-state index contributed by atoms with van der Waals surface area (Å²) in [6.07, 6.45) is -3.24. The predicted molar refractivity (Wildman–Crippen MR) is 61.3 cm³/mol. The third-order valence-electron chi connectivity index (χ3n) is 2.30. The first kappa shape index (κ1) is 13.4. The minimum absolute atomic E-state index is 0.349. The van der Waals surface area contributed by atoms with Crippen LogP contribution >= 0.6 is 11.8 Å². The van der Waals surface area contributed by atoms with Gasteiger partial charge in [0.1, 0.15) is 6.33 Å². The third-order valence-corrected chi connectivity index (χ3v) is 3.34. The number of hydrogen-bond donors (Lipinski definition) is 0. The summed E-state index contributed by atoms with van der Waals surface area (Å²) in [6, 6.07) is 5.09. The second-order valence-corrected chi connectivity index (χ2v) is 4.63. The molecule has 0 bridgehead atoms. The van der Waals surface area contributed by atoms with Crippen LogP contribution in [0.1, 0.15) is 11.1 Å². The fourth-order valence-electron chi connectivity index (χ4n) is 1.40. The number of rotatable bonds is 2. The highest BCUT2D eigenvalue weighted by Gasteiger charge is 2.33. The van der Waals surface area contributed by atoms with Crippen molar-refractivity contribution in [3.63, 3.8) is 0 Å². The van der Waals surface area contributed by atoms with Gasteiger partial charge in [0.2, 0.25) is 0 Å². The highest BCUT2D eigenvalue weighted by molar-refractivity contribution is 7.99. The van der Waals surface area contributed by atoms with Crippen LogP contribution in [0.5, 0.6) is 0 Å². The number of alkyl halides is 3. The van der Waals surface area contributed by atoms with Gasteiger partial charge in [0, 0.05) is 11.9 Å². The van der Waals surface area contributed by atoms with Gasteiger partial charge >= 0.3 is 6.18 Å². The van der Waals surface area contributed by atoms with Gasteiger partial charge in [0.15, 0.2) is 5.16 Å². The average molecular weight is 284 g/mol. The molecule has 0 aliphatic carbocycles. The van der Waals surface area contributed by atoms with E-state index in [1.54, 1.807) is 7.05 Å². The number of nitrogens with zero attached hydrogens (tertiary/aromatic N) is 4. The maximum Gasteiger partial charge on any atom is 0.417 e. The Balaban J connectivity index is 2.39. The van der Waals surface area contributed by atoms with E-state index in [0.717, 1.165) is 23.9 Å². The van der Waals surface area contributed by atoms with E-state index in [9.17, 15) is 13.2 Å². The number of halogens is 3. The van der Waals surface area contributed by atoms with E-state index in [-0.39, 0.29) is 0 Å². The molecule has 4 nitrogen and oxygen atoms in total. The van der Waals surface area contributed by atoms with Gasteiger partial charge in [0.25, 0.3) is 0 Å². The summed E-state index contributed by atoms with van der Waals surface area (Å²) in [5.74, 6) is 0. The van der Waals surface area contributed by atoms with Crippen LogP contribution < -0.4 is 0 Å². The first-order valence-corrected chi connectivity index (χ1v) is 5.86. The maximum atomic E-state index is 12.8. The van der Waals surface area contributed by atoms with Crippen LogP contribution in [-0.4, -0.2) is 14.8 Å². The Hall–Kier alpha value is -2.01. The lowest BCUT2D eigenvalue weighted by atomic mass is 10.1. The van der Waals surface area contributed by atoms with Crippen LogP contribution in [0.15, 0.2) is 34.6 Å². The van der Waals surface area contributed by atoms with Crippen LogP contribution in [0.25, 0.3) is 0 Å². The second kappa shape index (κ2) is 4.93. The number of benzene rings is 1. The molecule has 0 spiro atoms. The Kier molecular flexibility index (Phi) is 3.48. The Bertz CT molecular complexity index is 642. The Morgan fingerprint density at radius 1 is 1.37 bits per heavy atom. The van der Waals surface area contributed by atoms with Gasteiger partial charge in [-0.1, -0.05) is 11.8 Å². The second-order valence-electron chi connectivity index (χ2n) is 3.59. The number of nitriles is 1. The number of hydrogen-bond acceptors (Lipinski definition) is 4. The Labute approximate surface area is 110 Å². The van der Waals surface area contributed by atoms with Gasteiger partial charge in [-0.3, -0.25) is 0 Å². The highest BCUT2D eigenvalue weighted by Crippen LogP contribution is 2.35. The minimum atomic E-state index is -4.55. The summed E-state index contributed by atoms with van der Waals surface area (Å²) in [7, 11) is 1.64. The smallest absolute Gasteiger partial charge is 0.244 e. The van der Waals surface area contributed by atoms with E-state index in [2.05, 4.69) is 10.1 Å². The van der Waals surface area contributed by atoms with E-state index in [1.165, 1.54) is 23.1 Å². The fraction of sp³-hybridized carbons (Fsp3) is 0.182. The summed E-state index contributed by atoms with van der Waals surface area (Å²) in [4.78, 5) is 4.26. The first-order valence-electron chi connectivity index (χ1n) is 5.05. The topological polar surface area (TPSA) is 54.5 Å². The van der Waals surface area contributed by atoms with Gasteiger partial charge in [-0.05, 0) is 18.2 Å². The number of aryl methyl sites for hydroxylation is 1. The van der Waals surface area contributed by atoms with Crippen LogP contribution in [-0.2, 0) is 13.2 Å². The van der Waals surface area contributed by atoms with Crippen molar-refractivity contribution in [2.45, 2.75) is 16.2 Å². The molecule has 0 radical (unpaired) electrons. The predicted octanol–water partition coefficient (Wildman–Crippen LogP) is 2.86. The molecule has 19 heavy (non-hydrogen) atoms. The van der Waals surface area contributed by atoms with Gasteiger partial charge in [-0.2, -0.15) is 23.5 Å². The quantitative estimate of drug-likeness (QED) is 0.851. The summed E-state index contributed by atoms with van der Waals surface area (Å²) in [6.45, 7) is 0. The van der Waals surface area contributed by atoms with E-state index in [4.69, 9.17) is 5.26 Å². The molecule has 8 heteroatoms. The largest absolute Gasteiger partial charge is 0.417 e. The fourth-order valence-corrected chi connectivity index (χ4v) is 2.21. The van der Waals surface area contributed by atoms with E-state index < -0.39 is 17.3 Å². The molecule has 2 aromatic rings. The lowest BCUT2D eigenvalue weighted by Crippen LogP contribution is -2.07. The average Bonchev–Trinajstić information content (AvgIpc) is 2.74. The summed E-state index contributed by atoms with van der Waals surface area (Å²) >= 11 is 1.05. The van der Waals surface area contributed by atoms with Gasteiger partial charge in [-0.15, -0.1) is 0 Å². The SMILES string of the molecule is Cn1ncnc1Sc1ccc(C#N)c(C(F)(F)F)c1. The minimum Gasteiger partial charge on any atom is -0.244 e. The standard InChI is InChI=1S/C11H7F3N4S/c1-18-10(16-6-17-18)19-8-3-2-7(5-15)9(4-8)11(12,13)14/h2-4,6H,1H3. The van der Waals surface area contributed by atoms with E-state index in [1.807, 2.05) is 0 Å². The van der Waals surface area contributed by atoms with Crippen molar-refractivity contribution < 1.29 is 13.2 Å². The highest BCUT2D eigenvalue weighted by atomic mass is 32.2. The molecule has 0 N–H and O–H groups in total. The lowest BCUT2D eigenvalue weighted by molar-refractivity contribution is -0.137. The van der Waals surface area contributed by atoms with Crippen molar-refractivity contribution >= 4 is 11.8 Å². The molecule has 0 unspecified atom stereocenters. The zero-order chi connectivity index (χ0) is 14.0. The molecule has 0 saturated heterocycles. The van der Waals surface area contributed by atoms with Crippen LogP contribution in [0.4, 0.5) is 13.2 Å². The molecule has 0 saturated carbocycles. The van der Waals surface area contributed by atoms with E-state index >= 15 is 0 Å². The molecule has 0 atom stereocenters. The first-order chi connectivity index (χ1) is 8.91. The summed E-state index contributed by atoms with van der Waals surface area (Å²) < 4.78 is 39.8. The zero-order valence-electron chi connectivity index (χ0n) is 9.64. The molecule has 2 rings (SSSR count). The lowest BCUT2D eigenvalue weighted by Gasteiger charge is -2.10. The molecule has 0 aliphatic rings. The van der Waals surface area contributed by atoms with Gasteiger partial charge in [-0.25, -0.2) is 9.67 Å². The Morgan fingerprint density at radius 2 is 2.11 bits per heavy atom. The molecule has 0 aliphatic heterocycles. The Morgan fingerprint density at radius 3 is 2.63 bits per heavy atom. The summed E-state index contributed by atoms with van der Waals surface area (Å²) in [5.41, 5.74) is -1.34. The molecule has 1 aromatic heterocycles. The van der Waals surface area contributed by atoms with Crippen molar-refractivity contribution in [3.05, 3.63) is 35.7 Å². The molecule has 98 valence electrons. The van der Waals surface area contributed by atoms with Gasteiger partial charge < -0.3 is 0 Å². The van der Waals surface area contributed by atoms with Crippen LogP contribution in [0.2, 0.25) is 0 Å². The molecular formula is C11H7F3N4S. The monoisotopic (exact) mass is 284 g/mol. The van der Waals surface area contributed by atoms with Crippen molar-refractivity contribution in [2.24, 2.45) is 7.05 Å². The maximum absolute atomic E-state index is 12.8. The third kappa shape index (κ3) is 2.88. The molecule has 0 amide bonds. The zero-order valence-corrected chi connectivity index (χ0v) is 10.5. The number of aromatic nitrogens is 3. The van der Waals surface area contributed by atoms with Crippen LogP contribution in [0.3, 0.4) is 0 Å². The van der Waals surface area contributed by atoms with E-state index in [0.29, 0.717) is 10.1 Å². The molecule has 1 aromatic carbocycles. The van der Waals surface area contributed by atoms with Crippen molar-refractivity contribution in [1.29, 1.82) is 5.26 Å². The van der Waals surface area contributed by atoms with Crippen LogP contribution in [0, 0.1) is 11.3 Å².